The van der Waals surface area contributed by atoms with E-state index in [1.54, 1.807) is 0 Å². The van der Waals surface area contributed by atoms with Crippen molar-refractivity contribution in [3.05, 3.63) is 199 Å². The lowest BCUT2D eigenvalue weighted by atomic mass is 10.00. The minimum Gasteiger partial charge on any atom is -0.309 e. The molecule has 0 atom stereocenters. The van der Waals surface area contributed by atoms with E-state index in [2.05, 4.69) is 178 Å². The van der Waals surface area contributed by atoms with Crippen molar-refractivity contribution in [2.75, 3.05) is 4.90 Å². The van der Waals surface area contributed by atoms with E-state index in [1.165, 1.54) is 26.9 Å². The molecule has 5 heteroatoms. The van der Waals surface area contributed by atoms with Gasteiger partial charge >= 0.3 is 0 Å². The lowest BCUT2D eigenvalue weighted by molar-refractivity contribution is 1.09. The van der Waals surface area contributed by atoms with E-state index in [0.29, 0.717) is 11.6 Å². The predicted octanol–water partition coefficient (Wildman–Crippen LogP) is 13.8. The minimum atomic E-state index is 0.538. The van der Waals surface area contributed by atoms with Crippen molar-refractivity contribution < 1.29 is 0 Å². The number of nitrogens with zero attached hydrogens (tertiary/aromatic N) is 5. The van der Waals surface area contributed by atoms with Gasteiger partial charge in [0, 0.05) is 38.7 Å². The van der Waals surface area contributed by atoms with Crippen molar-refractivity contribution in [1.82, 2.24) is 14.5 Å². The number of aromatic nitrogens is 3. The first-order chi connectivity index (χ1) is 27.7. The van der Waals surface area contributed by atoms with Gasteiger partial charge in [0.15, 0.2) is 5.69 Å². The van der Waals surface area contributed by atoms with Crippen molar-refractivity contribution in [3.63, 3.8) is 0 Å². The highest BCUT2D eigenvalue weighted by molar-refractivity contribution is 6.26. The second-order valence-corrected chi connectivity index (χ2v) is 14.2. The van der Waals surface area contributed by atoms with Crippen LogP contribution in [0.3, 0.4) is 0 Å². The SMILES string of the molecule is [C-]#[N+]c1ccc(N(c2nc(-c3ccc4ccccc4c3)cc(-c3ccc4ccccc4c3)n2)c2ccc3c4c2ccc2cccc(c24)n3-c2ccccc2)cc1. The quantitative estimate of drug-likeness (QED) is 0.127. The molecule has 0 aliphatic rings. The Kier molecular flexibility index (Phi) is 7.16. The number of rotatable bonds is 6. The third-order valence-corrected chi connectivity index (χ3v) is 10.9. The monoisotopic (exact) mass is 713 g/mol. The molecule has 0 amide bonds. The summed E-state index contributed by atoms with van der Waals surface area (Å²) in [5.41, 5.74) is 9.44. The van der Waals surface area contributed by atoms with Crippen LogP contribution in [0.4, 0.5) is 23.0 Å². The zero-order valence-electron chi connectivity index (χ0n) is 30.1. The average Bonchev–Trinajstić information content (AvgIpc) is 3.61. The molecule has 11 aromatic rings. The standard InChI is InChI=1S/C51H31N5/c1-52-40-23-25-42(26-24-40)56(46-28-29-48-50-43(46)27-22-35-14-9-17-47(49(35)50)55(48)41-15-3-2-4-16-41)51-53-44(38-20-18-33-10-5-7-12-36(33)30-38)32-45(54-51)39-21-19-34-11-6-8-13-37(34)31-39/h2-32H. The number of fused-ring (bicyclic) bond motifs is 2. The molecule has 9 aromatic carbocycles. The van der Waals surface area contributed by atoms with Gasteiger partial charge in [0.2, 0.25) is 5.95 Å². The summed E-state index contributed by atoms with van der Waals surface area (Å²) < 4.78 is 2.36. The zero-order valence-corrected chi connectivity index (χ0v) is 30.1. The third kappa shape index (κ3) is 5.09. The van der Waals surface area contributed by atoms with Crippen molar-refractivity contribution in [1.29, 1.82) is 0 Å². The fourth-order valence-electron chi connectivity index (χ4n) is 8.29. The average molecular weight is 714 g/mol. The second kappa shape index (κ2) is 12.7. The molecule has 0 spiro atoms. The molecule has 0 radical (unpaired) electrons. The molecular formula is C51H31N5. The van der Waals surface area contributed by atoms with Crippen LogP contribution >= 0.6 is 0 Å². The van der Waals surface area contributed by atoms with Gasteiger partial charge in [-0.3, -0.25) is 4.90 Å². The lowest BCUT2D eigenvalue weighted by Gasteiger charge is -2.26. The smallest absolute Gasteiger partial charge is 0.235 e. The highest BCUT2D eigenvalue weighted by atomic mass is 15.3. The van der Waals surface area contributed by atoms with Crippen LogP contribution < -0.4 is 4.90 Å². The first-order valence-electron chi connectivity index (χ1n) is 18.7. The molecule has 0 unspecified atom stereocenters. The minimum absolute atomic E-state index is 0.538. The predicted molar refractivity (Wildman–Crippen MR) is 232 cm³/mol. The molecule has 0 saturated heterocycles. The molecule has 0 N–H and O–H groups in total. The molecular weight excluding hydrogens is 683 g/mol. The number of para-hydroxylation sites is 1. The van der Waals surface area contributed by atoms with Gasteiger partial charge in [-0.2, -0.15) is 0 Å². The Morgan fingerprint density at radius 1 is 0.464 bits per heavy atom. The Hall–Kier alpha value is -7.81. The van der Waals surface area contributed by atoms with Crippen LogP contribution in [0.1, 0.15) is 0 Å². The zero-order chi connectivity index (χ0) is 37.2. The molecule has 11 rings (SSSR count). The van der Waals surface area contributed by atoms with Crippen molar-refractivity contribution in [3.8, 4) is 28.2 Å². The topological polar surface area (TPSA) is 38.3 Å². The Morgan fingerprint density at radius 2 is 1.05 bits per heavy atom. The summed E-state index contributed by atoms with van der Waals surface area (Å²) in [6, 6.07) is 65.6. The summed E-state index contributed by atoms with van der Waals surface area (Å²) in [5, 5.41) is 9.32. The van der Waals surface area contributed by atoms with Gasteiger partial charge in [0.1, 0.15) is 0 Å². The Labute approximate surface area is 323 Å². The summed E-state index contributed by atoms with van der Waals surface area (Å²) in [4.78, 5) is 16.7. The Bertz CT molecular complexity index is 3220. The molecule has 2 aromatic heterocycles. The molecule has 0 aliphatic carbocycles. The summed E-state index contributed by atoms with van der Waals surface area (Å²) in [6.07, 6.45) is 0. The van der Waals surface area contributed by atoms with E-state index >= 15 is 0 Å². The largest absolute Gasteiger partial charge is 0.309 e. The van der Waals surface area contributed by atoms with Crippen LogP contribution in [0, 0.1) is 6.57 Å². The van der Waals surface area contributed by atoms with Gasteiger partial charge in [-0.1, -0.05) is 127 Å². The van der Waals surface area contributed by atoms with E-state index in [-0.39, 0.29) is 0 Å². The number of benzene rings is 9. The molecule has 0 bridgehead atoms. The molecule has 260 valence electrons. The summed E-state index contributed by atoms with van der Waals surface area (Å²) >= 11 is 0. The number of anilines is 3. The third-order valence-electron chi connectivity index (χ3n) is 10.9. The van der Waals surface area contributed by atoms with E-state index < -0.39 is 0 Å². The maximum atomic E-state index is 7.70. The summed E-state index contributed by atoms with van der Waals surface area (Å²) in [5.74, 6) is 0.538. The second-order valence-electron chi connectivity index (χ2n) is 14.2. The van der Waals surface area contributed by atoms with E-state index in [4.69, 9.17) is 16.5 Å². The van der Waals surface area contributed by atoms with Crippen LogP contribution in [0.5, 0.6) is 0 Å². The van der Waals surface area contributed by atoms with Crippen molar-refractivity contribution in [2.45, 2.75) is 0 Å². The van der Waals surface area contributed by atoms with Crippen molar-refractivity contribution in [2.24, 2.45) is 0 Å². The van der Waals surface area contributed by atoms with E-state index in [9.17, 15) is 0 Å². The van der Waals surface area contributed by atoms with Crippen LogP contribution in [0.15, 0.2) is 188 Å². The Morgan fingerprint density at radius 3 is 1.71 bits per heavy atom. The number of hydrogen-bond acceptors (Lipinski definition) is 3. The summed E-state index contributed by atoms with van der Waals surface area (Å²) in [7, 11) is 0. The van der Waals surface area contributed by atoms with E-state index in [0.717, 1.165) is 66.8 Å². The lowest BCUT2D eigenvalue weighted by Crippen LogP contribution is -2.15. The maximum Gasteiger partial charge on any atom is 0.235 e. The van der Waals surface area contributed by atoms with Crippen LogP contribution in [-0.4, -0.2) is 14.5 Å². The normalized spacial score (nSPS) is 11.6. The molecule has 5 nitrogen and oxygen atoms in total. The van der Waals surface area contributed by atoms with Gasteiger partial charge in [-0.05, 0) is 87.6 Å². The van der Waals surface area contributed by atoms with E-state index in [1.807, 2.05) is 24.3 Å². The molecule has 2 heterocycles. The summed E-state index contributed by atoms with van der Waals surface area (Å²) in [6.45, 7) is 7.70. The first kappa shape index (κ1) is 31.7. The molecule has 56 heavy (non-hydrogen) atoms. The maximum absolute atomic E-state index is 7.70. The van der Waals surface area contributed by atoms with Crippen molar-refractivity contribution >= 4 is 77.1 Å². The van der Waals surface area contributed by atoms with Gasteiger partial charge < -0.3 is 4.57 Å². The van der Waals surface area contributed by atoms with Gasteiger partial charge in [0.05, 0.1) is 34.7 Å². The molecule has 0 aliphatic heterocycles. The first-order valence-corrected chi connectivity index (χ1v) is 18.7. The van der Waals surface area contributed by atoms with Crippen LogP contribution in [0.25, 0.3) is 87.2 Å². The highest BCUT2D eigenvalue weighted by Gasteiger charge is 2.24. The fourth-order valence-corrected chi connectivity index (χ4v) is 8.29. The Balaban J connectivity index is 1.20. The molecule has 0 saturated carbocycles. The van der Waals surface area contributed by atoms with Gasteiger partial charge in [-0.25, -0.2) is 14.8 Å². The fraction of sp³-hybridized carbons (Fsp3) is 0. The van der Waals surface area contributed by atoms with Gasteiger partial charge in [0.25, 0.3) is 0 Å². The number of hydrogen-bond donors (Lipinski definition) is 0. The van der Waals surface area contributed by atoms with Crippen LogP contribution in [-0.2, 0) is 0 Å². The van der Waals surface area contributed by atoms with Crippen LogP contribution in [0.2, 0.25) is 0 Å². The highest BCUT2D eigenvalue weighted by Crippen LogP contribution is 2.46. The molecule has 0 fully saturated rings. The van der Waals surface area contributed by atoms with Gasteiger partial charge in [-0.15, -0.1) is 0 Å².